The minimum absolute atomic E-state index is 0.413. The molecule has 1 aromatic rings. The van der Waals surface area contributed by atoms with Crippen LogP contribution in [0.2, 0.25) is 0 Å². The molecule has 0 amide bonds. The first-order valence-electron chi connectivity index (χ1n) is 3.52. The van der Waals surface area contributed by atoms with Crippen LogP contribution in [0.1, 0.15) is 35.3 Å². The van der Waals surface area contributed by atoms with Crippen LogP contribution >= 0.6 is 11.3 Å². The van der Waals surface area contributed by atoms with E-state index < -0.39 is 0 Å². The fourth-order valence-electron chi connectivity index (χ4n) is 0.914. The highest BCUT2D eigenvalue weighted by Crippen LogP contribution is 2.25. The molecule has 0 N–H and O–H groups in total. The van der Waals surface area contributed by atoms with Gasteiger partial charge in [-0.2, -0.15) is 5.26 Å². The van der Waals surface area contributed by atoms with Gasteiger partial charge >= 0.3 is 0 Å². The maximum absolute atomic E-state index is 8.67. The molecule has 0 aromatic carbocycles. The number of thiazole rings is 1. The molecule has 0 saturated heterocycles. The fourth-order valence-corrected chi connectivity index (χ4v) is 1.79. The molecule has 0 aliphatic heterocycles. The van der Waals surface area contributed by atoms with Gasteiger partial charge in [0.2, 0.25) is 0 Å². The topological polar surface area (TPSA) is 36.7 Å². The van der Waals surface area contributed by atoms with Gasteiger partial charge in [-0.25, -0.2) is 4.98 Å². The maximum atomic E-state index is 8.67. The Balaban J connectivity index is 3.15. The molecule has 0 aliphatic rings. The Morgan fingerprint density at radius 3 is 2.55 bits per heavy atom. The predicted octanol–water partition coefficient (Wildman–Crippen LogP) is 2.45. The van der Waals surface area contributed by atoms with Crippen molar-refractivity contribution in [3.05, 3.63) is 15.6 Å². The number of rotatable bonds is 1. The maximum Gasteiger partial charge on any atom is 0.155 e. The molecule has 0 atom stereocenters. The molecule has 1 rings (SSSR count). The van der Waals surface area contributed by atoms with Crippen LogP contribution in [0.25, 0.3) is 0 Å². The largest absolute Gasteiger partial charge is 0.231 e. The Kier molecular flexibility index (Phi) is 2.25. The molecule has 0 unspecified atom stereocenters. The summed E-state index contributed by atoms with van der Waals surface area (Å²) in [6, 6.07) is 2.10. The highest BCUT2D eigenvalue weighted by Gasteiger charge is 2.10. The van der Waals surface area contributed by atoms with Crippen molar-refractivity contribution < 1.29 is 0 Å². The zero-order chi connectivity index (χ0) is 8.43. The first-order valence-corrected chi connectivity index (χ1v) is 4.34. The second-order valence-corrected chi connectivity index (χ2v) is 3.95. The quantitative estimate of drug-likeness (QED) is 0.642. The summed E-state index contributed by atoms with van der Waals surface area (Å²) in [5.41, 5.74) is 0.600. The molecule has 0 aliphatic carbocycles. The number of nitrogens with zero attached hydrogens (tertiary/aromatic N) is 2. The van der Waals surface area contributed by atoms with E-state index >= 15 is 0 Å². The van der Waals surface area contributed by atoms with Crippen LogP contribution in [-0.2, 0) is 0 Å². The van der Waals surface area contributed by atoms with E-state index in [1.165, 1.54) is 0 Å². The zero-order valence-corrected chi connectivity index (χ0v) is 7.70. The predicted molar refractivity (Wildman–Crippen MR) is 45.7 cm³/mol. The Bertz CT molecular complexity index is 294. The summed E-state index contributed by atoms with van der Waals surface area (Å²) in [5, 5.41) is 9.65. The molecule has 3 heteroatoms. The van der Waals surface area contributed by atoms with Crippen molar-refractivity contribution in [3.8, 4) is 6.07 Å². The Labute approximate surface area is 70.5 Å². The van der Waals surface area contributed by atoms with Gasteiger partial charge in [0, 0.05) is 4.88 Å². The van der Waals surface area contributed by atoms with Gasteiger partial charge in [-0.15, -0.1) is 11.3 Å². The van der Waals surface area contributed by atoms with E-state index in [1.54, 1.807) is 11.3 Å². The molecule has 0 saturated carbocycles. The van der Waals surface area contributed by atoms with E-state index in [2.05, 4.69) is 24.9 Å². The molecular weight excluding hydrogens is 156 g/mol. The third-order valence-corrected chi connectivity index (χ3v) is 2.66. The summed E-state index contributed by atoms with van der Waals surface area (Å²) in [6.45, 7) is 6.08. The van der Waals surface area contributed by atoms with Gasteiger partial charge in [0.15, 0.2) is 5.69 Å². The van der Waals surface area contributed by atoms with Crippen LogP contribution in [0, 0.1) is 18.3 Å². The summed E-state index contributed by atoms with van der Waals surface area (Å²) >= 11 is 1.61. The lowest BCUT2D eigenvalue weighted by atomic mass is 10.1. The van der Waals surface area contributed by atoms with Gasteiger partial charge in [0.05, 0.1) is 5.01 Å². The summed E-state index contributed by atoms with van der Waals surface area (Å²) in [5.74, 6) is 0.413. The molecule has 0 radical (unpaired) electrons. The smallest absolute Gasteiger partial charge is 0.155 e. The molecular formula is C8H10N2S. The molecule has 11 heavy (non-hydrogen) atoms. The molecule has 58 valence electrons. The molecule has 2 nitrogen and oxygen atoms in total. The first kappa shape index (κ1) is 8.22. The number of nitriles is 1. The summed E-state index contributed by atoms with van der Waals surface area (Å²) in [4.78, 5) is 5.21. The minimum Gasteiger partial charge on any atom is -0.231 e. The fraction of sp³-hybridized carbons (Fsp3) is 0.500. The van der Waals surface area contributed by atoms with Crippen molar-refractivity contribution in [1.29, 1.82) is 5.26 Å². The lowest BCUT2D eigenvalue weighted by Crippen LogP contribution is -1.86. The van der Waals surface area contributed by atoms with E-state index in [-0.39, 0.29) is 0 Å². The van der Waals surface area contributed by atoms with Crippen molar-refractivity contribution in [2.75, 3.05) is 0 Å². The number of hydrogen-bond donors (Lipinski definition) is 0. The monoisotopic (exact) mass is 166 g/mol. The Morgan fingerprint density at radius 2 is 2.18 bits per heavy atom. The Morgan fingerprint density at radius 1 is 1.55 bits per heavy atom. The van der Waals surface area contributed by atoms with Crippen molar-refractivity contribution in [3.63, 3.8) is 0 Å². The third-order valence-electron chi connectivity index (χ3n) is 1.39. The summed E-state index contributed by atoms with van der Waals surface area (Å²) < 4.78 is 0. The van der Waals surface area contributed by atoms with Gasteiger partial charge in [0.25, 0.3) is 0 Å². The zero-order valence-electron chi connectivity index (χ0n) is 6.88. The highest BCUT2D eigenvalue weighted by atomic mass is 32.1. The van der Waals surface area contributed by atoms with Crippen LogP contribution in [-0.4, -0.2) is 4.98 Å². The van der Waals surface area contributed by atoms with Crippen molar-refractivity contribution in [2.45, 2.75) is 26.7 Å². The first-order chi connectivity index (χ1) is 5.15. The standard InChI is InChI=1S/C8H10N2S/c1-5(2)8-7(4-9)10-6(3)11-8/h5H,1-3H3. The van der Waals surface area contributed by atoms with E-state index in [9.17, 15) is 0 Å². The third kappa shape index (κ3) is 1.58. The molecule has 1 aromatic heterocycles. The van der Waals surface area contributed by atoms with Gasteiger partial charge in [-0.05, 0) is 12.8 Å². The normalized spacial score (nSPS) is 10.1. The minimum atomic E-state index is 0.413. The summed E-state index contributed by atoms with van der Waals surface area (Å²) in [7, 11) is 0. The van der Waals surface area contributed by atoms with E-state index in [0.717, 1.165) is 9.88 Å². The Hall–Kier alpha value is -0.880. The number of hydrogen-bond acceptors (Lipinski definition) is 3. The second-order valence-electron chi connectivity index (χ2n) is 2.71. The molecule has 1 heterocycles. The van der Waals surface area contributed by atoms with E-state index in [0.29, 0.717) is 11.6 Å². The van der Waals surface area contributed by atoms with Gasteiger partial charge < -0.3 is 0 Å². The number of aromatic nitrogens is 1. The van der Waals surface area contributed by atoms with Crippen LogP contribution < -0.4 is 0 Å². The lowest BCUT2D eigenvalue weighted by Gasteiger charge is -1.97. The average molecular weight is 166 g/mol. The molecule has 0 bridgehead atoms. The van der Waals surface area contributed by atoms with Crippen LogP contribution in [0.5, 0.6) is 0 Å². The van der Waals surface area contributed by atoms with Crippen molar-refractivity contribution in [2.24, 2.45) is 0 Å². The van der Waals surface area contributed by atoms with E-state index in [1.807, 2.05) is 6.92 Å². The van der Waals surface area contributed by atoms with Crippen molar-refractivity contribution >= 4 is 11.3 Å². The van der Waals surface area contributed by atoms with E-state index in [4.69, 9.17) is 5.26 Å². The number of aryl methyl sites for hydroxylation is 1. The van der Waals surface area contributed by atoms with Crippen LogP contribution in [0.15, 0.2) is 0 Å². The van der Waals surface area contributed by atoms with Crippen LogP contribution in [0.4, 0.5) is 0 Å². The van der Waals surface area contributed by atoms with Gasteiger partial charge in [-0.1, -0.05) is 13.8 Å². The SMILES string of the molecule is Cc1nc(C#N)c(C(C)C)s1. The van der Waals surface area contributed by atoms with Gasteiger partial charge in [-0.3, -0.25) is 0 Å². The van der Waals surface area contributed by atoms with Gasteiger partial charge in [0.1, 0.15) is 6.07 Å². The van der Waals surface area contributed by atoms with Crippen molar-refractivity contribution in [1.82, 2.24) is 4.98 Å². The average Bonchev–Trinajstić information content (AvgIpc) is 2.30. The highest BCUT2D eigenvalue weighted by molar-refractivity contribution is 7.11. The lowest BCUT2D eigenvalue weighted by molar-refractivity contribution is 0.880. The summed E-state index contributed by atoms with van der Waals surface area (Å²) in [6.07, 6.45) is 0. The molecule has 0 fully saturated rings. The van der Waals surface area contributed by atoms with Crippen LogP contribution in [0.3, 0.4) is 0 Å². The molecule has 0 spiro atoms. The second kappa shape index (κ2) is 3.02.